The first-order valence-corrected chi connectivity index (χ1v) is 12.2. The topological polar surface area (TPSA) is 81.2 Å². The SMILES string of the molecule is CN(CCCC(=O)N1CCN(CC(=O)N2CCCC2)CC1)S(=O)(=O)c1ccc(F)cc1. The maximum atomic E-state index is 13.0. The molecular weight excluding hydrogens is 423 g/mol. The number of hydrogen-bond donors (Lipinski definition) is 0. The zero-order chi connectivity index (χ0) is 22.4. The molecule has 2 aliphatic rings. The number of piperazine rings is 1. The molecule has 0 bridgehead atoms. The van der Waals surface area contributed by atoms with Gasteiger partial charge in [-0.2, -0.15) is 0 Å². The second kappa shape index (κ2) is 10.5. The lowest BCUT2D eigenvalue weighted by Crippen LogP contribution is -2.51. The molecule has 172 valence electrons. The van der Waals surface area contributed by atoms with E-state index in [0.29, 0.717) is 39.1 Å². The molecule has 3 rings (SSSR count). The zero-order valence-electron chi connectivity index (χ0n) is 18.0. The Labute approximate surface area is 183 Å². The van der Waals surface area contributed by atoms with Crippen LogP contribution in [0.2, 0.25) is 0 Å². The molecule has 2 amide bonds. The van der Waals surface area contributed by atoms with Gasteiger partial charge in [0.25, 0.3) is 0 Å². The highest BCUT2D eigenvalue weighted by Gasteiger charge is 2.26. The minimum absolute atomic E-state index is 0.00176. The molecule has 0 atom stereocenters. The monoisotopic (exact) mass is 454 g/mol. The lowest BCUT2D eigenvalue weighted by molar-refractivity contribution is -0.134. The van der Waals surface area contributed by atoms with Crippen molar-refractivity contribution in [3.8, 4) is 0 Å². The van der Waals surface area contributed by atoms with Crippen LogP contribution < -0.4 is 0 Å². The first kappa shape index (κ1) is 23.6. The van der Waals surface area contributed by atoms with Gasteiger partial charge in [-0.15, -0.1) is 0 Å². The Balaban J connectivity index is 1.38. The summed E-state index contributed by atoms with van der Waals surface area (Å²) in [7, 11) is -2.25. The Morgan fingerprint density at radius 3 is 2.13 bits per heavy atom. The third kappa shape index (κ3) is 6.24. The van der Waals surface area contributed by atoms with Gasteiger partial charge in [0.15, 0.2) is 0 Å². The summed E-state index contributed by atoms with van der Waals surface area (Å²) >= 11 is 0. The molecule has 8 nitrogen and oxygen atoms in total. The van der Waals surface area contributed by atoms with Crippen LogP contribution in [0.1, 0.15) is 25.7 Å². The van der Waals surface area contributed by atoms with Gasteiger partial charge in [0.2, 0.25) is 21.8 Å². The van der Waals surface area contributed by atoms with Crippen LogP contribution in [0.5, 0.6) is 0 Å². The first-order valence-electron chi connectivity index (χ1n) is 10.8. The summed E-state index contributed by atoms with van der Waals surface area (Å²) in [5.74, 6) is -0.325. The van der Waals surface area contributed by atoms with E-state index >= 15 is 0 Å². The van der Waals surface area contributed by atoms with Gasteiger partial charge in [-0.05, 0) is 43.5 Å². The van der Waals surface area contributed by atoms with Crippen molar-refractivity contribution in [2.45, 2.75) is 30.6 Å². The Hall–Kier alpha value is -2.04. The maximum Gasteiger partial charge on any atom is 0.242 e. The van der Waals surface area contributed by atoms with Gasteiger partial charge in [-0.1, -0.05) is 0 Å². The van der Waals surface area contributed by atoms with Crippen molar-refractivity contribution in [2.75, 3.05) is 59.4 Å². The molecule has 0 N–H and O–H groups in total. The second-order valence-corrected chi connectivity index (χ2v) is 10.2. The van der Waals surface area contributed by atoms with Crippen LogP contribution in [-0.2, 0) is 19.6 Å². The van der Waals surface area contributed by atoms with Gasteiger partial charge >= 0.3 is 0 Å². The standard InChI is InChI=1S/C21H31FN4O4S/c1-23(31(29,30)19-8-6-18(22)7-9-19)10-4-5-20(27)26-15-13-24(14-16-26)17-21(28)25-11-2-3-12-25/h6-9H,2-5,10-17H2,1H3. The van der Waals surface area contributed by atoms with Crippen molar-refractivity contribution < 1.29 is 22.4 Å². The predicted molar refractivity (Wildman–Crippen MR) is 114 cm³/mol. The van der Waals surface area contributed by atoms with Crippen molar-refractivity contribution in [1.29, 1.82) is 0 Å². The number of halogens is 1. The number of amides is 2. The molecule has 31 heavy (non-hydrogen) atoms. The summed E-state index contributed by atoms with van der Waals surface area (Å²) in [4.78, 5) is 30.6. The summed E-state index contributed by atoms with van der Waals surface area (Å²) in [5, 5.41) is 0. The first-order chi connectivity index (χ1) is 14.8. The fourth-order valence-electron chi connectivity index (χ4n) is 3.93. The highest BCUT2D eigenvalue weighted by molar-refractivity contribution is 7.89. The third-order valence-corrected chi connectivity index (χ3v) is 7.80. The van der Waals surface area contributed by atoms with Crippen LogP contribution in [0.25, 0.3) is 0 Å². The van der Waals surface area contributed by atoms with E-state index in [0.717, 1.165) is 38.1 Å². The number of hydrogen-bond acceptors (Lipinski definition) is 5. The highest BCUT2D eigenvalue weighted by Crippen LogP contribution is 2.16. The Bertz CT molecular complexity index is 864. The van der Waals surface area contributed by atoms with E-state index in [1.54, 1.807) is 4.90 Å². The average Bonchev–Trinajstić information content (AvgIpc) is 3.29. The Morgan fingerprint density at radius 2 is 1.52 bits per heavy atom. The molecule has 0 aromatic heterocycles. The van der Waals surface area contributed by atoms with Gasteiger partial charge < -0.3 is 9.80 Å². The molecule has 2 fully saturated rings. The number of carbonyl (C=O) groups excluding carboxylic acids is 2. The smallest absolute Gasteiger partial charge is 0.242 e. The van der Waals surface area contributed by atoms with E-state index in [4.69, 9.17) is 0 Å². The van der Waals surface area contributed by atoms with E-state index in [-0.39, 0.29) is 29.7 Å². The minimum atomic E-state index is -3.71. The lowest BCUT2D eigenvalue weighted by Gasteiger charge is -2.35. The molecule has 0 unspecified atom stereocenters. The number of nitrogens with zero attached hydrogens (tertiary/aromatic N) is 4. The molecule has 0 spiro atoms. The van der Waals surface area contributed by atoms with Crippen LogP contribution in [0.15, 0.2) is 29.2 Å². The van der Waals surface area contributed by atoms with Crippen molar-refractivity contribution >= 4 is 21.8 Å². The number of rotatable bonds is 8. The van der Waals surface area contributed by atoms with Crippen molar-refractivity contribution in [1.82, 2.24) is 19.0 Å². The molecular formula is C21H31FN4O4S. The Kier molecular flexibility index (Phi) is 8.01. The molecule has 2 aliphatic heterocycles. The molecule has 2 saturated heterocycles. The summed E-state index contributed by atoms with van der Waals surface area (Å²) < 4.78 is 39.2. The van der Waals surface area contributed by atoms with E-state index in [1.807, 2.05) is 4.90 Å². The fraction of sp³-hybridized carbons (Fsp3) is 0.619. The number of likely N-dealkylation sites (tertiary alicyclic amines) is 1. The minimum Gasteiger partial charge on any atom is -0.342 e. The molecule has 2 heterocycles. The summed E-state index contributed by atoms with van der Waals surface area (Å²) in [5.41, 5.74) is 0. The predicted octanol–water partition coefficient (Wildman–Crippen LogP) is 0.993. The number of sulfonamides is 1. The van der Waals surface area contributed by atoms with E-state index < -0.39 is 15.8 Å². The van der Waals surface area contributed by atoms with Gasteiger partial charge in [-0.25, -0.2) is 17.1 Å². The van der Waals surface area contributed by atoms with Crippen LogP contribution in [0.4, 0.5) is 4.39 Å². The number of carbonyl (C=O) groups is 2. The maximum absolute atomic E-state index is 13.0. The Morgan fingerprint density at radius 1 is 0.935 bits per heavy atom. The van der Waals surface area contributed by atoms with Crippen LogP contribution in [-0.4, -0.2) is 98.6 Å². The summed E-state index contributed by atoms with van der Waals surface area (Å²) in [6.07, 6.45) is 2.82. The van der Waals surface area contributed by atoms with Gasteiger partial charge in [0.1, 0.15) is 5.82 Å². The molecule has 0 radical (unpaired) electrons. The summed E-state index contributed by atoms with van der Waals surface area (Å²) in [6, 6.07) is 4.70. The lowest BCUT2D eigenvalue weighted by atomic mass is 10.2. The van der Waals surface area contributed by atoms with E-state index in [2.05, 4.69) is 4.90 Å². The van der Waals surface area contributed by atoms with Gasteiger partial charge in [0.05, 0.1) is 11.4 Å². The second-order valence-electron chi connectivity index (χ2n) is 8.13. The normalized spacial score (nSPS) is 18.0. The van der Waals surface area contributed by atoms with Crippen molar-refractivity contribution in [3.05, 3.63) is 30.1 Å². The van der Waals surface area contributed by atoms with E-state index in [9.17, 15) is 22.4 Å². The largest absolute Gasteiger partial charge is 0.342 e. The van der Waals surface area contributed by atoms with E-state index in [1.165, 1.54) is 23.5 Å². The quantitative estimate of drug-likeness (QED) is 0.585. The fourth-order valence-corrected chi connectivity index (χ4v) is 5.14. The highest BCUT2D eigenvalue weighted by atomic mass is 32.2. The average molecular weight is 455 g/mol. The molecule has 0 aliphatic carbocycles. The van der Waals surface area contributed by atoms with Crippen molar-refractivity contribution in [3.63, 3.8) is 0 Å². The molecule has 10 heteroatoms. The van der Waals surface area contributed by atoms with Crippen LogP contribution in [0, 0.1) is 5.82 Å². The number of benzene rings is 1. The van der Waals surface area contributed by atoms with Crippen LogP contribution >= 0.6 is 0 Å². The van der Waals surface area contributed by atoms with Crippen molar-refractivity contribution in [2.24, 2.45) is 0 Å². The molecule has 0 saturated carbocycles. The van der Waals surface area contributed by atoms with Gasteiger partial charge in [-0.3, -0.25) is 14.5 Å². The molecule has 1 aromatic rings. The van der Waals surface area contributed by atoms with Crippen LogP contribution in [0.3, 0.4) is 0 Å². The third-order valence-electron chi connectivity index (χ3n) is 5.93. The van der Waals surface area contributed by atoms with Gasteiger partial charge in [0, 0.05) is 59.3 Å². The summed E-state index contributed by atoms with van der Waals surface area (Å²) in [6.45, 7) is 4.81. The zero-order valence-corrected chi connectivity index (χ0v) is 18.8. The molecule has 1 aromatic carbocycles.